The summed E-state index contributed by atoms with van der Waals surface area (Å²) < 4.78 is 10.4. The fourth-order valence-corrected chi connectivity index (χ4v) is 1.81. The lowest BCUT2D eigenvalue weighted by atomic mass is 10.0. The van der Waals surface area contributed by atoms with E-state index in [4.69, 9.17) is 9.15 Å². The molecule has 0 spiro atoms. The Labute approximate surface area is 118 Å². The lowest BCUT2D eigenvalue weighted by Crippen LogP contribution is -2.18. The van der Waals surface area contributed by atoms with E-state index < -0.39 is 0 Å². The average Bonchev–Trinajstić information content (AvgIpc) is 2.92. The van der Waals surface area contributed by atoms with Crippen LogP contribution >= 0.6 is 0 Å². The minimum absolute atomic E-state index is 0.00655. The fraction of sp³-hybridized carbons (Fsp3) is 0.312. The molecule has 1 heterocycles. The SMILES string of the molecule is CC(C)c1cccc(NC(=O)COCc2ccco2)c1. The first-order valence-electron chi connectivity index (χ1n) is 6.65. The number of ether oxygens (including phenoxy) is 1. The van der Waals surface area contributed by atoms with E-state index in [-0.39, 0.29) is 12.5 Å². The highest BCUT2D eigenvalue weighted by molar-refractivity contribution is 5.91. The lowest BCUT2D eigenvalue weighted by Gasteiger charge is -2.09. The maximum atomic E-state index is 11.8. The van der Waals surface area contributed by atoms with Crippen LogP contribution in [0.15, 0.2) is 47.1 Å². The third-order valence-corrected chi connectivity index (χ3v) is 2.89. The maximum absolute atomic E-state index is 11.8. The van der Waals surface area contributed by atoms with Crippen molar-refractivity contribution in [3.63, 3.8) is 0 Å². The van der Waals surface area contributed by atoms with Gasteiger partial charge in [0.25, 0.3) is 0 Å². The minimum atomic E-state index is -0.169. The number of hydrogen-bond acceptors (Lipinski definition) is 3. The van der Waals surface area contributed by atoms with Gasteiger partial charge in [-0.25, -0.2) is 0 Å². The highest BCUT2D eigenvalue weighted by atomic mass is 16.5. The van der Waals surface area contributed by atoms with E-state index in [1.165, 1.54) is 5.56 Å². The predicted molar refractivity (Wildman–Crippen MR) is 77.5 cm³/mol. The smallest absolute Gasteiger partial charge is 0.250 e. The summed E-state index contributed by atoms with van der Waals surface area (Å²) in [4.78, 5) is 11.8. The molecule has 0 radical (unpaired) electrons. The van der Waals surface area contributed by atoms with Gasteiger partial charge in [-0.05, 0) is 35.7 Å². The number of benzene rings is 1. The van der Waals surface area contributed by atoms with Gasteiger partial charge in [0, 0.05) is 5.69 Å². The third kappa shape index (κ3) is 4.24. The largest absolute Gasteiger partial charge is 0.467 e. The van der Waals surface area contributed by atoms with E-state index in [0.29, 0.717) is 18.3 Å². The van der Waals surface area contributed by atoms with E-state index >= 15 is 0 Å². The van der Waals surface area contributed by atoms with Crippen molar-refractivity contribution in [3.8, 4) is 0 Å². The van der Waals surface area contributed by atoms with Gasteiger partial charge in [0.05, 0.1) is 6.26 Å². The Bertz CT molecular complexity index is 547. The van der Waals surface area contributed by atoms with Gasteiger partial charge in [0.1, 0.15) is 19.0 Å². The van der Waals surface area contributed by atoms with Gasteiger partial charge >= 0.3 is 0 Å². The van der Waals surface area contributed by atoms with Gasteiger partial charge in [0.2, 0.25) is 5.91 Å². The first-order valence-corrected chi connectivity index (χ1v) is 6.65. The lowest BCUT2D eigenvalue weighted by molar-refractivity contribution is -0.121. The van der Waals surface area contributed by atoms with Gasteiger partial charge < -0.3 is 14.5 Å². The molecule has 106 valence electrons. The van der Waals surface area contributed by atoms with Gasteiger partial charge in [0.15, 0.2) is 0 Å². The molecule has 20 heavy (non-hydrogen) atoms. The van der Waals surface area contributed by atoms with Crippen LogP contribution in [-0.4, -0.2) is 12.5 Å². The zero-order chi connectivity index (χ0) is 14.4. The monoisotopic (exact) mass is 273 g/mol. The molecule has 0 saturated heterocycles. The normalized spacial score (nSPS) is 10.8. The van der Waals surface area contributed by atoms with Crippen LogP contribution in [0.1, 0.15) is 31.1 Å². The highest BCUT2D eigenvalue weighted by Gasteiger charge is 2.05. The molecule has 0 fully saturated rings. The summed E-state index contributed by atoms with van der Waals surface area (Å²) in [5.41, 5.74) is 1.99. The number of nitrogens with one attached hydrogen (secondary N) is 1. The predicted octanol–water partition coefficient (Wildman–Crippen LogP) is 3.56. The number of carbonyl (C=O) groups excluding carboxylic acids is 1. The first-order chi connectivity index (χ1) is 9.65. The summed E-state index contributed by atoms with van der Waals surface area (Å²) in [6, 6.07) is 11.4. The Morgan fingerprint density at radius 3 is 2.85 bits per heavy atom. The van der Waals surface area contributed by atoms with Crippen LogP contribution in [0.2, 0.25) is 0 Å². The molecule has 2 rings (SSSR count). The zero-order valence-electron chi connectivity index (χ0n) is 11.8. The Kier molecular flexibility index (Phi) is 4.96. The Morgan fingerprint density at radius 1 is 1.30 bits per heavy atom. The topological polar surface area (TPSA) is 51.5 Å². The van der Waals surface area contributed by atoms with Gasteiger partial charge in [-0.2, -0.15) is 0 Å². The zero-order valence-corrected chi connectivity index (χ0v) is 11.8. The summed E-state index contributed by atoms with van der Waals surface area (Å²) >= 11 is 0. The molecule has 0 aliphatic heterocycles. The van der Waals surface area contributed by atoms with Crippen molar-refractivity contribution in [2.75, 3.05) is 11.9 Å². The molecular weight excluding hydrogens is 254 g/mol. The van der Waals surface area contributed by atoms with Crippen LogP contribution in [0, 0.1) is 0 Å². The molecule has 2 aromatic rings. The quantitative estimate of drug-likeness (QED) is 0.875. The van der Waals surface area contributed by atoms with Crippen molar-refractivity contribution >= 4 is 11.6 Å². The second-order valence-corrected chi connectivity index (χ2v) is 4.90. The van der Waals surface area contributed by atoms with E-state index in [2.05, 4.69) is 19.2 Å². The van der Waals surface area contributed by atoms with Crippen molar-refractivity contribution in [2.45, 2.75) is 26.4 Å². The summed E-state index contributed by atoms with van der Waals surface area (Å²) in [6.45, 7) is 4.54. The van der Waals surface area contributed by atoms with Crippen molar-refractivity contribution < 1.29 is 13.9 Å². The molecule has 1 aromatic carbocycles. The van der Waals surface area contributed by atoms with Crippen molar-refractivity contribution in [2.24, 2.45) is 0 Å². The third-order valence-electron chi connectivity index (χ3n) is 2.89. The second kappa shape index (κ2) is 6.91. The molecule has 0 unspecified atom stereocenters. The Hall–Kier alpha value is -2.07. The standard InChI is InChI=1S/C16H19NO3/c1-12(2)13-5-3-6-14(9-13)17-16(18)11-19-10-15-7-4-8-20-15/h3-9,12H,10-11H2,1-2H3,(H,17,18). The molecule has 0 aliphatic carbocycles. The molecule has 0 saturated carbocycles. The summed E-state index contributed by atoms with van der Waals surface area (Å²) in [5.74, 6) is 0.971. The number of hydrogen-bond donors (Lipinski definition) is 1. The summed E-state index contributed by atoms with van der Waals surface area (Å²) in [6.07, 6.45) is 1.58. The number of amides is 1. The number of anilines is 1. The molecule has 0 aliphatic rings. The van der Waals surface area contributed by atoms with Crippen molar-refractivity contribution in [1.29, 1.82) is 0 Å². The second-order valence-electron chi connectivity index (χ2n) is 4.90. The minimum Gasteiger partial charge on any atom is -0.467 e. The van der Waals surface area contributed by atoms with Crippen LogP contribution in [-0.2, 0) is 16.1 Å². The number of rotatable bonds is 6. The van der Waals surface area contributed by atoms with Crippen LogP contribution in [0.4, 0.5) is 5.69 Å². The van der Waals surface area contributed by atoms with Crippen molar-refractivity contribution in [3.05, 3.63) is 54.0 Å². The summed E-state index contributed by atoms with van der Waals surface area (Å²) in [7, 11) is 0. The number of furan rings is 1. The molecule has 4 nitrogen and oxygen atoms in total. The van der Waals surface area contributed by atoms with Crippen LogP contribution in [0.3, 0.4) is 0 Å². The number of carbonyl (C=O) groups is 1. The van der Waals surface area contributed by atoms with Crippen LogP contribution in [0.25, 0.3) is 0 Å². The molecular formula is C16H19NO3. The fourth-order valence-electron chi connectivity index (χ4n) is 1.81. The van der Waals surface area contributed by atoms with Gasteiger partial charge in [-0.1, -0.05) is 26.0 Å². The van der Waals surface area contributed by atoms with Crippen LogP contribution in [0.5, 0.6) is 0 Å². The van der Waals surface area contributed by atoms with Crippen LogP contribution < -0.4 is 5.32 Å². The average molecular weight is 273 g/mol. The Balaban J connectivity index is 1.80. The van der Waals surface area contributed by atoms with Gasteiger partial charge in [-0.15, -0.1) is 0 Å². The molecule has 0 bridgehead atoms. The van der Waals surface area contributed by atoms with E-state index in [1.807, 2.05) is 30.3 Å². The molecule has 1 aromatic heterocycles. The molecule has 1 N–H and O–H groups in total. The molecule has 0 atom stereocenters. The Morgan fingerprint density at radius 2 is 2.15 bits per heavy atom. The molecule has 4 heteroatoms. The van der Waals surface area contributed by atoms with Gasteiger partial charge in [-0.3, -0.25) is 4.79 Å². The van der Waals surface area contributed by atoms with Crippen molar-refractivity contribution in [1.82, 2.24) is 0 Å². The highest BCUT2D eigenvalue weighted by Crippen LogP contribution is 2.18. The summed E-state index contributed by atoms with van der Waals surface area (Å²) in [5, 5.41) is 2.82. The first kappa shape index (κ1) is 14.3. The van der Waals surface area contributed by atoms with E-state index in [0.717, 1.165) is 5.69 Å². The van der Waals surface area contributed by atoms with E-state index in [9.17, 15) is 4.79 Å². The van der Waals surface area contributed by atoms with E-state index in [1.54, 1.807) is 12.3 Å². The maximum Gasteiger partial charge on any atom is 0.250 e. The molecule has 1 amide bonds.